The van der Waals surface area contributed by atoms with Gasteiger partial charge in [-0.3, -0.25) is 0 Å². The van der Waals surface area contributed by atoms with Crippen LogP contribution in [0.2, 0.25) is 0 Å². The van der Waals surface area contributed by atoms with Crippen molar-refractivity contribution in [3.63, 3.8) is 0 Å². The average Bonchev–Trinajstić information content (AvgIpc) is 2.31. The van der Waals surface area contributed by atoms with Crippen molar-refractivity contribution >= 4 is 33.4 Å². The Balaban J connectivity index is 2.43. The molecule has 13 heavy (non-hydrogen) atoms. The highest BCUT2D eigenvalue weighted by atomic mass is 79.9. The summed E-state index contributed by atoms with van der Waals surface area (Å²) in [5.41, 5.74) is 0.920. The summed E-state index contributed by atoms with van der Waals surface area (Å²) < 4.78 is 13.7. The van der Waals surface area contributed by atoms with E-state index in [0.717, 1.165) is 29.3 Å². The maximum Gasteiger partial charge on any atom is 0.139 e. The molecule has 1 heterocycles. The third-order valence-corrected chi connectivity index (χ3v) is 3.67. The molecule has 0 radical (unpaired) electrons. The highest BCUT2D eigenvalue weighted by Gasteiger charge is 2.10. The summed E-state index contributed by atoms with van der Waals surface area (Å²) in [6.07, 6.45) is 1.12. The van der Waals surface area contributed by atoms with E-state index in [0.29, 0.717) is 4.47 Å². The third-order valence-electron chi connectivity index (χ3n) is 1.92. The molecular formula is C9H9BrFNS. The molecular weight excluding hydrogens is 253 g/mol. The lowest BCUT2D eigenvalue weighted by atomic mass is 10.3. The molecule has 1 N–H and O–H groups in total. The normalized spacial score (nSPS) is 15.8. The van der Waals surface area contributed by atoms with Crippen LogP contribution >= 0.6 is 27.7 Å². The molecule has 1 aliphatic heterocycles. The predicted octanol–water partition coefficient (Wildman–Crippen LogP) is 3.50. The summed E-state index contributed by atoms with van der Waals surface area (Å²) in [5, 5.41) is 3.21. The van der Waals surface area contributed by atoms with Crippen molar-refractivity contribution in [1.82, 2.24) is 0 Å². The number of hydrogen-bond acceptors (Lipinski definition) is 2. The Hall–Kier alpha value is -0.220. The van der Waals surface area contributed by atoms with Crippen LogP contribution in [0.4, 0.5) is 10.1 Å². The van der Waals surface area contributed by atoms with E-state index in [2.05, 4.69) is 21.2 Å². The van der Waals surface area contributed by atoms with E-state index in [1.807, 2.05) is 6.07 Å². The lowest BCUT2D eigenvalue weighted by Crippen LogP contribution is -2.00. The van der Waals surface area contributed by atoms with Crippen LogP contribution in [0.3, 0.4) is 0 Å². The van der Waals surface area contributed by atoms with E-state index in [1.165, 1.54) is 0 Å². The number of halogens is 2. The minimum Gasteiger partial charge on any atom is -0.384 e. The zero-order valence-corrected chi connectivity index (χ0v) is 9.34. The second-order valence-electron chi connectivity index (χ2n) is 2.89. The SMILES string of the molecule is Fc1cc2c(cc1Br)SCCCN2. The smallest absolute Gasteiger partial charge is 0.139 e. The van der Waals surface area contributed by atoms with Crippen LogP contribution in [-0.4, -0.2) is 12.3 Å². The zero-order chi connectivity index (χ0) is 9.26. The van der Waals surface area contributed by atoms with E-state index in [-0.39, 0.29) is 5.82 Å². The molecule has 0 saturated carbocycles. The minimum atomic E-state index is -0.200. The van der Waals surface area contributed by atoms with Crippen molar-refractivity contribution in [2.45, 2.75) is 11.3 Å². The molecule has 1 nitrogen and oxygen atoms in total. The fourth-order valence-electron chi connectivity index (χ4n) is 1.26. The Morgan fingerprint density at radius 1 is 1.46 bits per heavy atom. The molecule has 0 aliphatic carbocycles. The zero-order valence-electron chi connectivity index (χ0n) is 6.94. The number of anilines is 1. The van der Waals surface area contributed by atoms with E-state index in [9.17, 15) is 4.39 Å². The number of fused-ring (bicyclic) bond motifs is 1. The molecule has 70 valence electrons. The lowest BCUT2D eigenvalue weighted by molar-refractivity contribution is 0.620. The number of nitrogens with one attached hydrogen (secondary N) is 1. The molecule has 0 aromatic heterocycles. The van der Waals surface area contributed by atoms with Gasteiger partial charge in [-0.15, -0.1) is 11.8 Å². The molecule has 0 bridgehead atoms. The molecule has 0 spiro atoms. The Bertz CT molecular complexity index is 299. The summed E-state index contributed by atoms with van der Waals surface area (Å²) in [6.45, 7) is 0.932. The molecule has 4 heteroatoms. The van der Waals surface area contributed by atoms with E-state index >= 15 is 0 Å². The molecule has 2 rings (SSSR count). The summed E-state index contributed by atoms with van der Waals surface area (Å²) in [7, 11) is 0. The van der Waals surface area contributed by atoms with Crippen molar-refractivity contribution in [3.05, 3.63) is 22.4 Å². The van der Waals surface area contributed by atoms with Gasteiger partial charge in [-0.25, -0.2) is 4.39 Å². The van der Waals surface area contributed by atoms with Gasteiger partial charge in [-0.2, -0.15) is 0 Å². The minimum absolute atomic E-state index is 0.200. The third kappa shape index (κ3) is 1.99. The largest absolute Gasteiger partial charge is 0.384 e. The van der Waals surface area contributed by atoms with Crippen LogP contribution < -0.4 is 5.32 Å². The van der Waals surface area contributed by atoms with Gasteiger partial charge in [0.1, 0.15) is 5.82 Å². The number of benzene rings is 1. The maximum atomic E-state index is 13.1. The maximum absolute atomic E-state index is 13.1. The van der Waals surface area contributed by atoms with Crippen LogP contribution in [0.15, 0.2) is 21.5 Å². The van der Waals surface area contributed by atoms with Gasteiger partial charge in [-0.1, -0.05) is 0 Å². The van der Waals surface area contributed by atoms with Gasteiger partial charge in [0.05, 0.1) is 10.2 Å². The van der Waals surface area contributed by atoms with Crippen molar-refractivity contribution < 1.29 is 4.39 Å². The first-order valence-corrected chi connectivity index (χ1v) is 5.91. The van der Waals surface area contributed by atoms with Crippen molar-refractivity contribution in [3.8, 4) is 0 Å². The highest BCUT2D eigenvalue weighted by molar-refractivity contribution is 9.10. The Kier molecular flexibility index (Phi) is 2.79. The van der Waals surface area contributed by atoms with E-state index in [4.69, 9.17) is 0 Å². The fraction of sp³-hybridized carbons (Fsp3) is 0.333. The van der Waals surface area contributed by atoms with Crippen LogP contribution in [-0.2, 0) is 0 Å². The molecule has 1 aromatic rings. The van der Waals surface area contributed by atoms with Gasteiger partial charge in [-0.05, 0) is 40.2 Å². The molecule has 0 atom stereocenters. The average molecular weight is 262 g/mol. The topological polar surface area (TPSA) is 12.0 Å². The first kappa shape index (κ1) is 9.34. The van der Waals surface area contributed by atoms with Gasteiger partial charge >= 0.3 is 0 Å². The van der Waals surface area contributed by atoms with Gasteiger partial charge in [0, 0.05) is 11.4 Å². The molecule has 0 unspecified atom stereocenters. The fourth-order valence-corrected chi connectivity index (χ4v) is 2.75. The quantitative estimate of drug-likeness (QED) is 0.768. The van der Waals surface area contributed by atoms with E-state index < -0.39 is 0 Å². The summed E-state index contributed by atoms with van der Waals surface area (Å²) in [6, 6.07) is 3.39. The number of hydrogen-bond donors (Lipinski definition) is 1. The number of thioether (sulfide) groups is 1. The summed E-state index contributed by atoms with van der Waals surface area (Å²) >= 11 is 4.96. The van der Waals surface area contributed by atoms with Gasteiger partial charge in [0.25, 0.3) is 0 Å². The molecule has 0 fully saturated rings. The first-order valence-electron chi connectivity index (χ1n) is 4.13. The van der Waals surface area contributed by atoms with Crippen LogP contribution in [0.5, 0.6) is 0 Å². The standard InChI is InChI=1S/C9H9BrFNS/c10-6-4-9-8(5-7(6)11)12-2-1-3-13-9/h4-5,12H,1-3H2. The van der Waals surface area contributed by atoms with Gasteiger partial charge in [0.15, 0.2) is 0 Å². The highest BCUT2D eigenvalue weighted by Crippen LogP contribution is 2.34. The van der Waals surface area contributed by atoms with E-state index in [1.54, 1.807) is 17.8 Å². The summed E-state index contributed by atoms with van der Waals surface area (Å²) in [4.78, 5) is 1.13. The lowest BCUT2D eigenvalue weighted by Gasteiger charge is -2.07. The molecule has 1 aromatic carbocycles. The Labute approximate surface area is 89.2 Å². The van der Waals surface area contributed by atoms with Crippen LogP contribution in [0.25, 0.3) is 0 Å². The number of rotatable bonds is 0. The summed E-state index contributed by atoms with van der Waals surface area (Å²) in [5.74, 6) is 0.895. The monoisotopic (exact) mass is 261 g/mol. The second kappa shape index (κ2) is 3.88. The van der Waals surface area contributed by atoms with Crippen LogP contribution in [0.1, 0.15) is 6.42 Å². The molecule has 0 amide bonds. The Morgan fingerprint density at radius 2 is 2.31 bits per heavy atom. The molecule has 1 aliphatic rings. The van der Waals surface area contributed by atoms with Gasteiger partial charge in [0.2, 0.25) is 0 Å². The Morgan fingerprint density at radius 3 is 3.15 bits per heavy atom. The predicted molar refractivity (Wildman–Crippen MR) is 57.9 cm³/mol. The second-order valence-corrected chi connectivity index (χ2v) is 4.88. The molecule has 0 saturated heterocycles. The van der Waals surface area contributed by atoms with Crippen molar-refractivity contribution in [1.29, 1.82) is 0 Å². The van der Waals surface area contributed by atoms with Crippen molar-refractivity contribution in [2.75, 3.05) is 17.6 Å². The van der Waals surface area contributed by atoms with Crippen molar-refractivity contribution in [2.24, 2.45) is 0 Å². The van der Waals surface area contributed by atoms with Gasteiger partial charge < -0.3 is 5.32 Å². The van der Waals surface area contributed by atoms with Crippen LogP contribution in [0, 0.1) is 5.82 Å². The first-order chi connectivity index (χ1) is 6.27.